The maximum Gasteiger partial charge on any atom is 0.496 e. The van der Waals surface area contributed by atoms with Gasteiger partial charge >= 0.3 is 60.4 Å². The fraction of sp³-hybridized carbons (Fsp3) is 1.00. The van der Waals surface area contributed by atoms with E-state index in [1.54, 1.807) is 0 Å². The molecule has 0 aromatic rings. The van der Waals surface area contributed by atoms with Crippen LogP contribution in [0.2, 0.25) is 0 Å². The Morgan fingerprint density at radius 3 is 1.02 bits per heavy atom. The molecule has 0 saturated heterocycles. The molecule has 30 heteroatoms. The Labute approximate surface area is 221 Å². The molecule has 1 aliphatic rings. The zero-order chi connectivity index (χ0) is 33.1. The minimum atomic E-state index is -6.28. The third-order valence-corrected chi connectivity index (χ3v) is 11.7. The standard InChI is InChI=1S/C12H13F18N3O6P3/c13-7(14,15)1-34-40(35-2-8(16,17)18)31-41(36-3-9(19,20)21,37-4-10(22,23)24)33-42(32-40,38-5-11(25,26)27)39-6-12(28,29)30/h31H,1-6H2/q+1. The molecule has 42 heavy (non-hydrogen) atoms. The highest BCUT2D eigenvalue weighted by molar-refractivity contribution is 7.83. The number of nitrogens with one attached hydrogen (secondary N) is 1. The Morgan fingerprint density at radius 1 is 0.452 bits per heavy atom. The van der Waals surface area contributed by atoms with Gasteiger partial charge in [0.15, 0.2) is 39.6 Å². The lowest BCUT2D eigenvalue weighted by molar-refractivity contribution is -0.165. The summed E-state index contributed by atoms with van der Waals surface area (Å²) in [6.45, 7) is -17.2. The zero-order valence-corrected chi connectivity index (χ0v) is 21.9. The molecule has 1 N–H and O–H groups in total. The summed E-state index contributed by atoms with van der Waals surface area (Å²) in [7, 11) is -18.6. The van der Waals surface area contributed by atoms with Gasteiger partial charge in [-0.15, -0.1) is 4.52 Å². The molecule has 9 nitrogen and oxygen atoms in total. The maximum absolute atomic E-state index is 12.9. The average Bonchev–Trinajstić information content (AvgIpc) is 2.74. The van der Waals surface area contributed by atoms with Gasteiger partial charge in [0.05, 0.1) is 0 Å². The molecular formula is C12H13F18N3O6P3+. The Hall–Kier alpha value is -0.650. The fourth-order valence-electron chi connectivity index (χ4n) is 1.91. The highest BCUT2D eigenvalue weighted by Crippen LogP contribution is 2.82. The molecule has 1 rings (SSSR count). The highest BCUT2D eigenvalue weighted by Gasteiger charge is 2.63. The topological polar surface area (TPSA) is 92.1 Å². The third kappa shape index (κ3) is 16.4. The lowest BCUT2D eigenvalue weighted by atomic mass is 10.7. The maximum atomic E-state index is 12.9. The van der Waals surface area contributed by atoms with Gasteiger partial charge in [-0.2, -0.15) is 88.1 Å². The van der Waals surface area contributed by atoms with Gasteiger partial charge < -0.3 is 9.05 Å². The van der Waals surface area contributed by atoms with Crippen LogP contribution < -0.4 is 4.86 Å². The second-order valence-electron chi connectivity index (χ2n) is 7.14. The molecule has 0 atom stereocenters. The van der Waals surface area contributed by atoms with Crippen molar-refractivity contribution in [3.63, 3.8) is 0 Å². The molecule has 0 unspecified atom stereocenters. The predicted molar refractivity (Wildman–Crippen MR) is 101 cm³/mol. The van der Waals surface area contributed by atoms with E-state index in [0.717, 1.165) is 4.86 Å². The minimum absolute atomic E-state index is 1.03. The van der Waals surface area contributed by atoms with E-state index in [2.05, 4.69) is 36.2 Å². The van der Waals surface area contributed by atoms with E-state index in [4.69, 9.17) is 0 Å². The predicted octanol–water partition coefficient (Wildman–Crippen LogP) is 8.63. The van der Waals surface area contributed by atoms with Gasteiger partial charge in [0.25, 0.3) is 0 Å². The van der Waals surface area contributed by atoms with E-state index in [1.807, 2.05) is 0 Å². The van der Waals surface area contributed by atoms with Gasteiger partial charge in [-0.05, 0) is 4.86 Å². The molecule has 0 aromatic carbocycles. The molecule has 0 spiro atoms. The van der Waals surface area contributed by atoms with E-state index < -0.39 is 100 Å². The van der Waals surface area contributed by atoms with Crippen molar-refractivity contribution in [2.24, 2.45) is 9.03 Å². The van der Waals surface area contributed by atoms with Crippen molar-refractivity contribution in [2.75, 3.05) is 39.6 Å². The summed E-state index contributed by atoms with van der Waals surface area (Å²) in [5.74, 6) is 0. The van der Waals surface area contributed by atoms with Crippen LogP contribution in [0.5, 0.6) is 0 Å². The fourth-order valence-corrected chi connectivity index (χ4v) is 11.8. The first-order valence-corrected chi connectivity index (χ1v) is 14.3. The monoisotopic (exact) mass is 730 g/mol. The molecule has 0 saturated carbocycles. The molecule has 0 radical (unpaired) electrons. The molecule has 1 aliphatic heterocycles. The Bertz CT molecular complexity index is 942. The summed E-state index contributed by atoms with van der Waals surface area (Å²) in [6.07, 6.45) is -33.9. The van der Waals surface area contributed by atoms with E-state index in [0.29, 0.717) is 0 Å². The van der Waals surface area contributed by atoms with Crippen molar-refractivity contribution < 1.29 is 106 Å². The van der Waals surface area contributed by atoms with Crippen molar-refractivity contribution in [1.29, 1.82) is 0 Å². The van der Waals surface area contributed by atoms with Gasteiger partial charge in [-0.1, -0.05) is 0 Å². The molecular weight excluding hydrogens is 717 g/mol. The number of halogens is 18. The second-order valence-corrected chi connectivity index (χ2v) is 14.0. The minimum Gasteiger partial charge on any atom is -0.300 e. The zero-order valence-electron chi connectivity index (χ0n) is 19.2. The van der Waals surface area contributed by atoms with Gasteiger partial charge in [-0.3, -0.25) is 9.05 Å². The van der Waals surface area contributed by atoms with Crippen LogP contribution in [-0.4, -0.2) is 76.7 Å². The average molecular weight is 730 g/mol. The van der Waals surface area contributed by atoms with E-state index in [-0.39, 0.29) is 0 Å². The van der Waals surface area contributed by atoms with Crippen molar-refractivity contribution in [2.45, 2.75) is 37.1 Å². The van der Waals surface area contributed by atoms with Crippen LogP contribution in [0.1, 0.15) is 0 Å². The lowest BCUT2D eigenvalue weighted by Gasteiger charge is -2.34. The van der Waals surface area contributed by atoms with Gasteiger partial charge in [0.2, 0.25) is 0 Å². The molecule has 0 aliphatic carbocycles. The van der Waals surface area contributed by atoms with Crippen LogP contribution in [0.15, 0.2) is 9.03 Å². The second kappa shape index (κ2) is 13.4. The van der Waals surface area contributed by atoms with Crippen LogP contribution in [0.25, 0.3) is 0 Å². The van der Waals surface area contributed by atoms with Crippen LogP contribution in [0.3, 0.4) is 0 Å². The van der Waals surface area contributed by atoms with Crippen molar-refractivity contribution >= 4 is 23.3 Å². The van der Waals surface area contributed by atoms with E-state index in [1.165, 1.54) is 0 Å². The van der Waals surface area contributed by atoms with Crippen LogP contribution in [-0.2, 0) is 27.1 Å². The molecule has 0 amide bonds. The summed E-state index contributed by atoms with van der Waals surface area (Å²) in [5, 5.41) is 0. The Morgan fingerprint density at radius 2 is 0.738 bits per heavy atom. The molecule has 0 aromatic heterocycles. The molecule has 0 bridgehead atoms. The first kappa shape index (κ1) is 39.4. The number of nitrogens with zero attached hydrogens (tertiary/aromatic N) is 2. The molecule has 252 valence electrons. The largest absolute Gasteiger partial charge is 0.496 e. The first-order chi connectivity index (χ1) is 18.4. The van der Waals surface area contributed by atoms with E-state index >= 15 is 0 Å². The van der Waals surface area contributed by atoms with Crippen molar-refractivity contribution in [3.05, 3.63) is 0 Å². The Kier molecular flexibility index (Phi) is 12.5. The Balaban J connectivity index is 4.10. The SMILES string of the molecule is FC(F)(F)COP1(OCC(F)(F)F)=N[P+](OCC(F)(F)F)(OCC(F)(F)F)NP(OCC(F)(F)F)(OCC(F)(F)F)=N1. The summed E-state index contributed by atoms with van der Waals surface area (Å²) in [6, 6.07) is 0. The van der Waals surface area contributed by atoms with E-state index in [9.17, 15) is 79.0 Å². The summed E-state index contributed by atoms with van der Waals surface area (Å²) in [4.78, 5) is 1.03. The number of rotatable bonds is 12. The number of hydrogen-bond acceptors (Lipinski definition) is 9. The summed E-state index contributed by atoms with van der Waals surface area (Å²) < 4.78 is 261. The summed E-state index contributed by atoms with van der Waals surface area (Å²) in [5.41, 5.74) is 0. The van der Waals surface area contributed by atoms with Crippen LogP contribution >= 0.6 is 23.3 Å². The molecule has 0 fully saturated rings. The van der Waals surface area contributed by atoms with Crippen molar-refractivity contribution in [1.82, 2.24) is 4.86 Å². The third-order valence-electron chi connectivity index (χ3n) is 3.12. The molecule has 1 heterocycles. The number of hydrogen-bond donors (Lipinski definition) is 1. The smallest absolute Gasteiger partial charge is 0.300 e. The summed E-state index contributed by atoms with van der Waals surface area (Å²) >= 11 is 0. The van der Waals surface area contributed by atoms with Crippen LogP contribution in [0.4, 0.5) is 79.0 Å². The quantitative estimate of drug-likeness (QED) is 0.159. The van der Waals surface area contributed by atoms with Gasteiger partial charge in [0.1, 0.15) is 0 Å². The van der Waals surface area contributed by atoms with Crippen LogP contribution in [0, 0.1) is 0 Å². The highest BCUT2D eigenvalue weighted by atomic mass is 31.3. The van der Waals surface area contributed by atoms with Gasteiger partial charge in [0, 0.05) is 4.52 Å². The first-order valence-electron chi connectivity index (χ1n) is 9.60. The number of alkyl halides is 18. The van der Waals surface area contributed by atoms with Crippen molar-refractivity contribution in [3.8, 4) is 0 Å². The van der Waals surface area contributed by atoms with Gasteiger partial charge in [-0.25, -0.2) is 0 Å². The lowest BCUT2D eigenvalue weighted by Crippen LogP contribution is -2.31. The normalized spacial score (nSPS) is 19.8.